The molecule has 0 aliphatic rings. The van der Waals surface area contributed by atoms with E-state index in [1.807, 2.05) is 62.4 Å². The van der Waals surface area contributed by atoms with Gasteiger partial charge >= 0.3 is 0 Å². The first-order valence-corrected chi connectivity index (χ1v) is 9.64. The van der Waals surface area contributed by atoms with Gasteiger partial charge in [-0.3, -0.25) is 4.79 Å². The van der Waals surface area contributed by atoms with Crippen LogP contribution >= 0.6 is 0 Å². The minimum Gasteiger partial charge on any atom is -0.333 e. The normalized spacial score (nSPS) is 10.5. The van der Waals surface area contributed by atoms with Gasteiger partial charge in [0.15, 0.2) is 0 Å². The number of amides is 1. The molecule has 0 saturated heterocycles. The van der Waals surface area contributed by atoms with Crippen molar-refractivity contribution in [3.05, 3.63) is 83.2 Å². The standard InChI is InChI=1S/C23H26N4O/c1-4-19-13-9-10-14-20(19)25-23-24-17(3)15-21(26-23)22(28)27(5-2)16-18-11-7-6-8-12-18/h6-15H,4-5,16H2,1-3H3,(H,24,25,26). The number of hydrogen-bond acceptors (Lipinski definition) is 4. The monoisotopic (exact) mass is 374 g/mol. The summed E-state index contributed by atoms with van der Waals surface area (Å²) >= 11 is 0. The van der Waals surface area contributed by atoms with Crippen LogP contribution in [0.1, 0.15) is 41.2 Å². The Hall–Kier alpha value is -3.21. The molecule has 0 radical (unpaired) electrons. The average molecular weight is 374 g/mol. The van der Waals surface area contributed by atoms with Crippen LogP contribution in [0.5, 0.6) is 0 Å². The zero-order chi connectivity index (χ0) is 19.9. The zero-order valence-corrected chi connectivity index (χ0v) is 16.6. The summed E-state index contributed by atoms with van der Waals surface area (Å²) in [6.07, 6.45) is 0.904. The molecule has 0 unspecified atom stereocenters. The molecule has 1 N–H and O–H groups in total. The summed E-state index contributed by atoms with van der Waals surface area (Å²) in [4.78, 5) is 23.8. The molecular weight excluding hydrogens is 348 g/mol. The molecule has 0 saturated carbocycles. The third-order valence-corrected chi connectivity index (χ3v) is 4.60. The molecule has 1 heterocycles. The van der Waals surface area contributed by atoms with Crippen molar-refractivity contribution in [2.75, 3.05) is 11.9 Å². The van der Waals surface area contributed by atoms with Crippen LogP contribution in [-0.4, -0.2) is 27.3 Å². The van der Waals surface area contributed by atoms with E-state index in [0.29, 0.717) is 24.7 Å². The minimum atomic E-state index is -0.0938. The number of carbonyl (C=O) groups excluding carboxylic acids is 1. The van der Waals surface area contributed by atoms with Gasteiger partial charge in [-0.25, -0.2) is 9.97 Å². The first kappa shape index (κ1) is 19.5. The highest BCUT2D eigenvalue weighted by Crippen LogP contribution is 2.20. The van der Waals surface area contributed by atoms with Crippen LogP contribution in [0.4, 0.5) is 11.6 Å². The van der Waals surface area contributed by atoms with Crippen LogP contribution in [0.2, 0.25) is 0 Å². The number of nitrogens with zero attached hydrogens (tertiary/aromatic N) is 3. The van der Waals surface area contributed by atoms with Gasteiger partial charge in [0.05, 0.1) is 0 Å². The van der Waals surface area contributed by atoms with Crippen molar-refractivity contribution in [2.24, 2.45) is 0 Å². The van der Waals surface area contributed by atoms with Crippen LogP contribution in [0.25, 0.3) is 0 Å². The molecule has 5 heteroatoms. The molecule has 1 amide bonds. The molecule has 3 aromatic rings. The highest BCUT2D eigenvalue weighted by Gasteiger charge is 2.18. The Balaban J connectivity index is 1.84. The van der Waals surface area contributed by atoms with Crippen molar-refractivity contribution in [1.82, 2.24) is 14.9 Å². The van der Waals surface area contributed by atoms with Gasteiger partial charge in [-0.05, 0) is 43.5 Å². The maximum Gasteiger partial charge on any atom is 0.272 e. The smallest absolute Gasteiger partial charge is 0.272 e. The van der Waals surface area contributed by atoms with E-state index in [1.165, 1.54) is 5.56 Å². The van der Waals surface area contributed by atoms with Gasteiger partial charge < -0.3 is 10.2 Å². The lowest BCUT2D eigenvalue weighted by molar-refractivity contribution is 0.0746. The Morgan fingerprint density at radius 1 is 1.00 bits per heavy atom. The molecule has 5 nitrogen and oxygen atoms in total. The number of aromatic nitrogens is 2. The van der Waals surface area contributed by atoms with Crippen molar-refractivity contribution in [3.63, 3.8) is 0 Å². The topological polar surface area (TPSA) is 58.1 Å². The molecule has 0 fully saturated rings. The fraction of sp³-hybridized carbons (Fsp3) is 0.261. The fourth-order valence-electron chi connectivity index (χ4n) is 3.10. The highest BCUT2D eigenvalue weighted by atomic mass is 16.2. The summed E-state index contributed by atoms with van der Waals surface area (Å²) in [6, 6.07) is 19.8. The fourth-order valence-corrected chi connectivity index (χ4v) is 3.10. The summed E-state index contributed by atoms with van der Waals surface area (Å²) in [5, 5.41) is 3.27. The van der Waals surface area contributed by atoms with E-state index >= 15 is 0 Å². The summed E-state index contributed by atoms with van der Waals surface area (Å²) in [5.41, 5.74) is 4.40. The molecule has 2 aromatic carbocycles. The van der Waals surface area contributed by atoms with E-state index in [2.05, 4.69) is 28.3 Å². The van der Waals surface area contributed by atoms with Crippen molar-refractivity contribution in [2.45, 2.75) is 33.7 Å². The predicted octanol–water partition coefficient (Wildman–Crippen LogP) is 4.75. The lowest BCUT2D eigenvalue weighted by atomic mass is 10.1. The lowest BCUT2D eigenvalue weighted by Crippen LogP contribution is -2.31. The average Bonchev–Trinajstić information content (AvgIpc) is 2.72. The number of carbonyl (C=O) groups is 1. The molecule has 1 aromatic heterocycles. The molecule has 28 heavy (non-hydrogen) atoms. The predicted molar refractivity (Wildman–Crippen MR) is 113 cm³/mol. The van der Waals surface area contributed by atoms with E-state index in [1.54, 1.807) is 11.0 Å². The molecule has 144 valence electrons. The van der Waals surface area contributed by atoms with Crippen LogP contribution in [0.15, 0.2) is 60.7 Å². The Morgan fingerprint density at radius 2 is 1.71 bits per heavy atom. The van der Waals surface area contributed by atoms with Gasteiger partial charge in [0.25, 0.3) is 5.91 Å². The first-order chi connectivity index (χ1) is 13.6. The van der Waals surface area contributed by atoms with Crippen molar-refractivity contribution in [1.29, 1.82) is 0 Å². The molecule has 0 bridgehead atoms. The Morgan fingerprint density at radius 3 is 2.43 bits per heavy atom. The second kappa shape index (κ2) is 9.13. The highest BCUT2D eigenvalue weighted by molar-refractivity contribution is 5.92. The van der Waals surface area contributed by atoms with Crippen LogP contribution in [-0.2, 0) is 13.0 Å². The number of anilines is 2. The van der Waals surface area contributed by atoms with E-state index in [4.69, 9.17) is 0 Å². The number of hydrogen-bond donors (Lipinski definition) is 1. The largest absolute Gasteiger partial charge is 0.333 e. The second-order valence-electron chi connectivity index (χ2n) is 6.66. The van der Waals surface area contributed by atoms with Gasteiger partial charge in [0.1, 0.15) is 5.69 Å². The quantitative estimate of drug-likeness (QED) is 0.648. The SMILES string of the molecule is CCc1ccccc1Nc1nc(C)cc(C(=O)N(CC)Cc2ccccc2)n1. The molecule has 0 aliphatic carbocycles. The van der Waals surface area contributed by atoms with E-state index < -0.39 is 0 Å². The Kier molecular flexibility index (Phi) is 6.37. The van der Waals surface area contributed by atoms with Gasteiger partial charge in [-0.1, -0.05) is 55.5 Å². The number of para-hydroxylation sites is 1. The van der Waals surface area contributed by atoms with Gasteiger partial charge in [0, 0.05) is 24.5 Å². The molecule has 3 rings (SSSR count). The third-order valence-electron chi connectivity index (χ3n) is 4.60. The molecule has 0 atom stereocenters. The summed E-state index contributed by atoms with van der Waals surface area (Å²) < 4.78 is 0. The van der Waals surface area contributed by atoms with E-state index in [9.17, 15) is 4.79 Å². The van der Waals surface area contributed by atoms with E-state index in [0.717, 1.165) is 23.4 Å². The molecule has 0 spiro atoms. The van der Waals surface area contributed by atoms with Crippen molar-refractivity contribution < 1.29 is 4.79 Å². The number of rotatable bonds is 7. The van der Waals surface area contributed by atoms with Crippen LogP contribution in [0.3, 0.4) is 0 Å². The summed E-state index contributed by atoms with van der Waals surface area (Å²) in [6.45, 7) is 7.13. The zero-order valence-electron chi connectivity index (χ0n) is 16.6. The van der Waals surface area contributed by atoms with Crippen molar-refractivity contribution >= 4 is 17.5 Å². The first-order valence-electron chi connectivity index (χ1n) is 9.64. The van der Waals surface area contributed by atoms with Gasteiger partial charge in [-0.2, -0.15) is 0 Å². The maximum absolute atomic E-state index is 13.1. The molecule has 0 aliphatic heterocycles. The second-order valence-corrected chi connectivity index (χ2v) is 6.66. The van der Waals surface area contributed by atoms with Crippen LogP contribution < -0.4 is 5.32 Å². The number of benzene rings is 2. The molecular formula is C23H26N4O. The lowest BCUT2D eigenvalue weighted by Gasteiger charge is -2.21. The van der Waals surface area contributed by atoms with Gasteiger partial charge in [-0.15, -0.1) is 0 Å². The van der Waals surface area contributed by atoms with Gasteiger partial charge in [0.2, 0.25) is 5.95 Å². The maximum atomic E-state index is 13.1. The summed E-state index contributed by atoms with van der Waals surface area (Å²) in [7, 11) is 0. The van der Waals surface area contributed by atoms with E-state index in [-0.39, 0.29) is 5.91 Å². The third kappa shape index (κ3) is 4.74. The Labute approximate surface area is 166 Å². The van der Waals surface area contributed by atoms with Crippen molar-refractivity contribution in [3.8, 4) is 0 Å². The number of aryl methyl sites for hydroxylation is 2. The summed E-state index contributed by atoms with van der Waals surface area (Å²) in [5.74, 6) is 0.351. The Bertz CT molecular complexity index is 940. The minimum absolute atomic E-state index is 0.0938. The van der Waals surface area contributed by atoms with Crippen LogP contribution in [0, 0.1) is 6.92 Å². The number of nitrogens with one attached hydrogen (secondary N) is 1.